The van der Waals surface area contributed by atoms with Crippen molar-refractivity contribution in [2.45, 2.75) is 25.8 Å². The van der Waals surface area contributed by atoms with Crippen LogP contribution in [0.1, 0.15) is 30.1 Å². The largest absolute Gasteiger partial charge is 0.380 e. The van der Waals surface area contributed by atoms with E-state index in [0.29, 0.717) is 63.1 Å². The third kappa shape index (κ3) is 7.08. The number of ether oxygens (including phenoxy) is 1. The van der Waals surface area contributed by atoms with Gasteiger partial charge in [-0.25, -0.2) is 17.6 Å². The minimum atomic E-state index is -1.37. The summed E-state index contributed by atoms with van der Waals surface area (Å²) in [7, 11) is 0. The Balaban J connectivity index is 0.00000242. The maximum atomic E-state index is 15.7. The first-order valence-electron chi connectivity index (χ1n) is 13.3. The van der Waals surface area contributed by atoms with E-state index in [4.69, 9.17) is 10.5 Å². The predicted octanol–water partition coefficient (Wildman–Crippen LogP) is 5.80. The van der Waals surface area contributed by atoms with Crippen LogP contribution in [0.2, 0.25) is 0 Å². The van der Waals surface area contributed by atoms with Gasteiger partial charge in [-0.05, 0) is 49.1 Å². The zero-order valence-electron chi connectivity index (χ0n) is 22.9. The second-order valence-corrected chi connectivity index (χ2v) is 10.4. The molecule has 2 saturated heterocycles. The number of halogens is 6. The highest BCUT2D eigenvalue weighted by Crippen LogP contribution is 2.36. The molecule has 2 fully saturated rings. The van der Waals surface area contributed by atoms with E-state index in [1.54, 1.807) is 17.2 Å². The van der Waals surface area contributed by atoms with Crippen LogP contribution in [0.5, 0.6) is 0 Å². The minimum absolute atomic E-state index is 0. The van der Waals surface area contributed by atoms with E-state index < -0.39 is 45.9 Å². The molecule has 1 aromatic heterocycles. The van der Waals surface area contributed by atoms with E-state index in [1.165, 1.54) is 6.20 Å². The fourth-order valence-electron chi connectivity index (χ4n) is 5.49. The number of anilines is 3. The Morgan fingerprint density at radius 3 is 2.43 bits per heavy atom. The van der Waals surface area contributed by atoms with Gasteiger partial charge < -0.3 is 25.6 Å². The molecule has 0 spiro atoms. The molecule has 0 radical (unpaired) electrons. The topological polar surface area (TPSA) is 83.7 Å². The van der Waals surface area contributed by atoms with Gasteiger partial charge in [-0.15, -0.1) is 24.8 Å². The molecule has 2 aromatic carbocycles. The molecule has 2 aliphatic rings. The molecule has 2 atom stereocenters. The van der Waals surface area contributed by atoms with E-state index in [9.17, 15) is 9.18 Å². The zero-order chi connectivity index (χ0) is 28.4. The number of amides is 1. The smallest absolute Gasteiger partial charge is 0.258 e. The average Bonchev–Trinajstić information content (AvgIpc) is 3.19. The molecule has 0 unspecified atom stereocenters. The number of nitrogens with zero attached hydrogens (tertiary/aromatic N) is 3. The van der Waals surface area contributed by atoms with Crippen molar-refractivity contribution in [3.8, 4) is 11.1 Å². The summed E-state index contributed by atoms with van der Waals surface area (Å²) in [6, 6.07) is 5.52. The Morgan fingerprint density at radius 2 is 1.71 bits per heavy atom. The molecule has 7 nitrogen and oxygen atoms in total. The second-order valence-electron chi connectivity index (χ2n) is 10.4. The second kappa shape index (κ2) is 14.4. The molecule has 3 heterocycles. The first-order chi connectivity index (χ1) is 19.2. The normalized spacial score (nSPS) is 18.9. The van der Waals surface area contributed by atoms with Gasteiger partial charge in [0.1, 0.15) is 23.3 Å². The van der Waals surface area contributed by atoms with Crippen LogP contribution in [-0.4, -0.2) is 56.3 Å². The first-order valence-corrected chi connectivity index (χ1v) is 13.3. The Bertz CT molecular complexity index is 1380. The summed E-state index contributed by atoms with van der Waals surface area (Å²) in [5.74, 6) is -5.43. The van der Waals surface area contributed by atoms with Crippen molar-refractivity contribution in [1.82, 2.24) is 4.98 Å². The van der Waals surface area contributed by atoms with Gasteiger partial charge in [0, 0.05) is 50.7 Å². The first kappa shape index (κ1) is 33.4. The summed E-state index contributed by atoms with van der Waals surface area (Å²) in [5, 5.41) is 2.63. The number of carbonyl (C=O) groups is 1. The highest BCUT2D eigenvalue weighted by molar-refractivity contribution is 6.06. The van der Waals surface area contributed by atoms with Gasteiger partial charge in [0.05, 0.1) is 40.9 Å². The molecule has 2 aliphatic heterocycles. The molecule has 42 heavy (non-hydrogen) atoms. The highest BCUT2D eigenvalue weighted by Gasteiger charge is 2.28. The lowest BCUT2D eigenvalue weighted by Crippen LogP contribution is -2.46. The maximum Gasteiger partial charge on any atom is 0.258 e. The number of piperidine rings is 1. The fraction of sp³-hybridized carbons (Fsp3) is 0.379. The molecule has 5 rings (SSSR count). The molecular formula is C29H33Cl2F4N5O2. The molecule has 3 N–H and O–H groups in total. The summed E-state index contributed by atoms with van der Waals surface area (Å²) in [6.45, 7) is 5.22. The summed E-state index contributed by atoms with van der Waals surface area (Å²) in [5.41, 5.74) is 5.00. The maximum absolute atomic E-state index is 15.7. The SMILES string of the molecule is C[C@@H]1C[C@H](N)CN(c2ccncc2NC(=O)c2ccc(F)c(-c3c(F)cc(N4CCCOCC4)cc3F)c2F)C1.Cl.Cl. The Kier molecular flexibility index (Phi) is 11.4. The molecule has 228 valence electrons. The number of carbonyl (C=O) groups excluding carboxylic acids is 1. The van der Waals surface area contributed by atoms with Crippen LogP contribution < -0.4 is 20.9 Å². The summed E-state index contributed by atoms with van der Waals surface area (Å²) >= 11 is 0. The summed E-state index contributed by atoms with van der Waals surface area (Å²) < 4.78 is 66.5. The van der Waals surface area contributed by atoms with Crippen molar-refractivity contribution in [1.29, 1.82) is 0 Å². The average molecular weight is 631 g/mol. The molecular weight excluding hydrogens is 597 g/mol. The van der Waals surface area contributed by atoms with E-state index >= 15 is 13.2 Å². The number of hydrogen-bond acceptors (Lipinski definition) is 6. The van der Waals surface area contributed by atoms with Crippen molar-refractivity contribution >= 4 is 47.8 Å². The molecule has 1 amide bonds. The van der Waals surface area contributed by atoms with Crippen LogP contribution in [0.4, 0.5) is 34.6 Å². The number of nitrogens with two attached hydrogens (primary N) is 1. The lowest BCUT2D eigenvalue weighted by molar-refractivity contribution is 0.102. The van der Waals surface area contributed by atoms with Crippen LogP contribution in [0.15, 0.2) is 42.7 Å². The third-order valence-corrected chi connectivity index (χ3v) is 7.28. The van der Waals surface area contributed by atoms with Gasteiger partial charge in [0.15, 0.2) is 0 Å². The van der Waals surface area contributed by atoms with Crippen LogP contribution in [0.3, 0.4) is 0 Å². The van der Waals surface area contributed by atoms with Crippen molar-refractivity contribution in [2.75, 3.05) is 54.5 Å². The van der Waals surface area contributed by atoms with Crippen molar-refractivity contribution in [3.63, 3.8) is 0 Å². The Labute approximate surface area is 254 Å². The highest BCUT2D eigenvalue weighted by atomic mass is 35.5. The van der Waals surface area contributed by atoms with Gasteiger partial charge in [-0.1, -0.05) is 6.92 Å². The molecule has 0 saturated carbocycles. The quantitative estimate of drug-likeness (QED) is 0.347. The fourth-order valence-corrected chi connectivity index (χ4v) is 5.49. The predicted molar refractivity (Wildman–Crippen MR) is 160 cm³/mol. The molecule has 3 aromatic rings. The number of nitrogens with one attached hydrogen (secondary N) is 1. The van der Waals surface area contributed by atoms with Crippen LogP contribution >= 0.6 is 24.8 Å². The summed E-state index contributed by atoms with van der Waals surface area (Å²) in [6.07, 6.45) is 4.54. The van der Waals surface area contributed by atoms with Crippen molar-refractivity contribution < 1.29 is 27.1 Å². The van der Waals surface area contributed by atoms with Gasteiger partial charge in [-0.2, -0.15) is 0 Å². The van der Waals surface area contributed by atoms with Crippen LogP contribution in [0, 0.1) is 29.2 Å². The third-order valence-electron chi connectivity index (χ3n) is 7.28. The number of hydrogen-bond donors (Lipinski definition) is 2. The number of rotatable bonds is 5. The van der Waals surface area contributed by atoms with Gasteiger partial charge >= 0.3 is 0 Å². The van der Waals surface area contributed by atoms with E-state index in [0.717, 1.165) is 30.7 Å². The van der Waals surface area contributed by atoms with Gasteiger partial charge in [-0.3, -0.25) is 9.78 Å². The van der Waals surface area contributed by atoms with Crippen molar-refractivity contribution in [3.05, 3.63) is 71.6 Å². The number of pyridine rings is 1. The lowest BCUT2D eigenvalue weighted by atomic mass is 9.96. The Morgan fingerprint density at radius 1 is 0.976 bits per heavy atom. The van der Waals surface area contributed by atoms with E-state index in [1.807, 2.05) is 4.90 Å². The Hall–Kier alpha value is -3.12. The van der Waals surface area contributed by atoms with E-state index in [-0.39, 0.29) is 36.5 Å². The molecule has 13 heteroatoms. The standard InChI is InChI=1S/C29H31F4N5O2.2ClH/c1-17-11-18(34)16-38(15-17)25-5-6-35-14-24(25)36-29(39)20-3-4-21(30)27(28(20)33)26-22(31)12-19(13-23(26)32)37-7-2-9-40-10-8-37;;/h3-6,12-14,17-18H,2,7-11,15-16,34H2,1H3,(H,36,39);2*1H/t17-,18+;;/m1../s1. The number of benzene rings is 2. The minimum Gasteiger partial charge on any atom is -0.380 e. The summed E-state index contributed by atoms with van der Waals surface area (Å²) in [4.78, 5) is 21.0. The van der Waals surface area contributed by atoms with Gasteiger partial charge in [0.25, 0.3) is 5.91 Å². The van der Waals surface area contributed by atoms with Crippen LogP contribution in [0.25, 0.3) is 11.1 Å². The lowest BCUT2D eigenvalue weighted by Gasteiger charge is -2.37. The zero-order valence-corrected chi connectivity index (χ0v) is 24.5. The number of aromatic nitrogens is 1. The molecule has 0 aliphatic carbocycles. The van der Waals surface area contributed by atoms with E-state index in [2.05, 4.69) is 17.2 Å². The van der Waals surface area contributed by atoms with Crippen LogP contribution in [-0.2, 0) is 4.74 Å². The monoisotopic (exact) mass is 629 g/mol. The van der Waals surface area contributed by atoms with Gasteiger partial charge in [0.2, 0.25) is 0 Å². The molecule has 0 bridgehead atoms. The van der Waals surface area contributed by atoms with Crippen molar-refractivity contribution in [2.24, 2.45) is 11.7 Å².